The van der Waals surface area contributed by atoms with Crippen molar-refractivity contribution in [1.29, 1.82) is 0 Å². The smallest absolute Gasteiger partial charge is 0.259 e. The molecule has 0 aromatic rings. The fraction of sp³-hybridized carbons (Fsp3) is 0.704. The number of hydrogen-bond acceptors (Lipinski definition) is 5. The molecule has 5 aliphatic rings. The van der Waals surface area contributed by atoms with Crippen molar-refractivity contribution in [2.24, 2.45) is 29.6 Å². The lowest BCUT2D eigenvalue weighted by molar-refractivity contribution is -0.380. The fourth-order valence-corrected chi connectivity index (χ4v) is 6.95. The minimum absolute atomic E-state index is 0.172. The fourth-order valence-electron chi connectivity index (χ4n) is 6.95. The molecule has 2 heterocycles. The van der Waals surface area contributed by atoms with Crippen LogP contribution in [0.25, 0.3) is 0 Å². The maximum atomic E-state index is 12.8. The molecule has 2 spiro atoms. The Morgan fingerprint density at radius 3 is 2.64 bits per heavy atom. The molecule has 1 saturated heterocycles. The Morgan fingerprint density at radius 1 is 1.06 bits per heavy atom. The predicted molar refractivity (Wildman–Crippen MR) is 123 cm³/mol. The van der Waals surface area contributed by atoms with Crippen molar-refractivity contribution in [2.45, 2.75) is 83.2 Å². The van der Waals surface area contributed by atoms with Crippen LogP contribution in [-0.4, -0.2) is 34.8 Å². The number of imide groups is 1. The molecule has 0 radical (unpaired) electrons. The molecule has 180 valence electrons. The van der Waals surface area contributed by atoms with E-state index < -0.39 is 11.6 Å². The molecule has 0 aromatic carbocycles. The minimum atomic E-state index is -0.699. The highest BCUT2D eigenvalue weighted by atomic mass is 17.3. The lowest BCUT2D eigenvalue weighted by Gasteiger charge is -2.50. The average molecular weight is 456 g/mol. The van der Waals surface area contributed by atoms with Gasteiger partial charge in [-0.15, -0.1) is 0 Å². The monoisotopic (exact) mass is 455 g/mol. The molecule has 5 rings (SSSR count). The van der Waals surface area contributed by atoms with Gasteiger partial charge in [-0.1, -0.05) is 44.7 Å². The Bertz CT molecular complexity index is 866. The van der Waals surface area contributed by atoms with Gasteiger partial charge in [-0.3, -0.25) is 14.5 Å². The molecular formula is C27H37NO5. The second kappa shape index (κ2) is 8.79. The van der Waals surface area contributed by atoms with E-state index >= 15 is 0 Å². The molecule has 6 nitrogen and oxygen atoms in total. The Balaban J connectivity index is 1.23. The van der Waals surface area contributed by atoms with E-state index in [1.165, 1.54) is 17.7 Å². The summed E-state index contributed by atoms with van der Waals surface area (Å²) < 4.78 is 6.79. The summed E-state index contributed by atoms with van der Waals surface area (Å²) in [5.41, 5.74) is 0.339. The van der Waals surface area contributed by atoms with Crippen molar-refractivity contribution in [3.8, 4) is 0 Å². The van der Waals surface area contributed by atoms with E-state index in [0.29, 0.717) is 29.9 Å². The Morgan fingerprint density at radius 2 is 1.85 bits per heavy atom. The SMILES string of the molecule is C=C1/C=C\C=C/CC(=O)N(CC2CCC3(CC2)OOC2(O3)C(C)CC3CC(C)CC2C3)C1=O. The number of fused-ring (bicyclic) bond motifs is 3. The van der Waals surface area contributed by atoms with Gasteiger partial charge in [-0.05, 0) is 56.3 Å². The summed E-state index contributed by atoms with van der Waals surface area (Å²) in [6.45, 7) is 8.85. The zero-order valence-corrected chi connectivity index (χ0v) is 20.0. The Hall–Kier alpha value is -1.76. The first-order chi connectivity index (χ1) is 15.8. The van der Waals surface area contributed by atoms with Crippen LogP contribution in [0.4, 0.5) is 0 Å². The van der Waals surface area contributed by atoms with Gasteiger partial charge in [0.25, 0.3) is 5.91 Å². The van der Waals surface area contributed by atoms with Gasteiger partial charge in [0.2, 0.25) is 17.5 Å². The standard InChI is InChI=1S/C27H37NO5/c1-18-13-22-15-20(3)27(23(14-18)16-22)31-26(32-33-27)11-9-21(10-12-26)17-28-24(29)8-6-4-5-7-19(2)25(28)30/h4-7,18,20-23H,2,8-17H2,1,3H3/b6-4-,7-5-. The molecule has 2 amide bonds. The van der Waals surface area contributed by atoms with Crippen LogP contribution in [0.2, 0.25) is 0 Å². The zero-order chi connectivity index (χ0) is 23.2. The highest BCUT2D eigenvalue weighted by molar-refractivity contribution is 6.06. The third kappa shape index (κ3) is 4.26. The first-order valence-electron chi connectivity index (χ1n) is 12.7. The maximum Gasteiger partial charge on any atom is 0.259 e. The van der Waals surface area contributed by atoms with Gasteiger partial charge >= 0.3 is 0 Å². The minimum Gasteiger partial charge on any atom is -0.312 e. The molecule has 2 bridgehead atoms. The molecule has 5 unspecified atom stereocenters. The molecular weight excluding hydrogens is 418 g/mol. The van der Waals surface area contributed by atoms with Crippen molar-refractivity contribution in [3.63, 3.8) is 0 Å². The third-order valence-corrected chi connectivity index (χ3v) is 8.62. The van der Waals surface area contributed by atoms with Crippen LogP contribution in [0.5, 0.6) is 0 Å². The van der Waals surface area contributed by atoms with Crippen LogP contribution in [-0.2, 0) is 24.1 Å². The van der Waals surface area contributed by atoms with Crippen LogP contribution >= 0.6 is 0 Å². The first-order valence-corrected chi connectivity index (χ1v) is 12.7. The zero-order valence-electron chi connectivity index (χ0n) is 20.0. The average Bonchev–Trinajstić information content (AvgIpc) is 3.18. The summed E-state index contributed by atoms with van der Waals surface area (Å²) in [6, 6.07) is 0. The molecule has 6 heteroatoms. The van der Waals surface area contributed by atoms with Crippen LogP contribution in [0.1, 0.15) is 71.6 Å². The van der Waals surface area contributed by atoms with Gasteiger partial charge in [0.05, 0.1) is 0 Å². The molecule has 33 heavy (non-hydrogen) atoms. The largest absolute Gasteiger partial charge is 0.312 e. The van der Waals surface area contributed by atoms with E-state index in [2.05, 4.69) is 20.4 Å². The number of amides is 2. The number of allylic oxidation sites excluding steroid dienone is 2. The molecule has 0 aromatic heterocycles. The Labute approximate surface area is 196 Å². The summed E-state index contributed by atoms with van der Waals surface area (Å²) in [4.78, 5) is 39.0. The highest BCUT2D eigenvalue weighted by Crippen LogP contribution is 2.58. The normalized spacial score (nSPS) is 45.7. The van der Waals surface area contributed by atoms with Crippen molar-refractivity contribution in [2.75, 3.05) is 6.54 Å². The number of rotatable bonds is 2. The van der Waals surface area contributed by atoms with Crippen LogP contribution in [0.15, 0.2) is 36.5 Å². The van der Waals surface area contributed by atoms with E-state index in [0.717, 1.165) is 44.4 Å². The summed E-state index contributed by atoms with van der Waals surface area (Å²) in [6.07, 6.45) is 15.1. The van der Waals surface area contributed by atoms with Crippen molar-refractivity contribution in [1.82, 2.24) is 4.90 Å². The van der Waals surface area contributed by atoms with Gasteiger partial charge in [-0.25, -0.2) is 0 Å². The van der Waals surface area contributed by atoms with Crippen LogP contribution < -0.4 is 0 Å². The second-order valence-electron chi connectivity index (χ2n) is 11.2. The summed E-state index contributed by atoms with van der Waals surface area (Å²) >= 11 is 0. The summed E-state index contributed by atoms with van der Waals surface area (Å²) in [5.74, 6) is 0.609. The molecule has 0 N–H and O–H groups in total. The van der Waals surface area contributed by atoms with E-state index in [1.807, 2.05) is 0 Å². The first kappa shape index (κ1) is 23.0. The topological polar surface area (TPSA) is 65.1 Å². The number of hydrogen-bond donors (Lipinski definition) is 0. The van der Waals surface area contributed by atoms with Crippen molar-refractivity contribution in [3.05, 3.63) is 36.5 Å². The van der Waals surface area contributed by atoms with Gasteiger partial charge in [-0.2, -0.15) is 9.78 Å². The molecule has 5 atom stereocenters. The molecule has 4 fully saturated rings. The van der Waals surface area contributed by atoms with Gasteiger partial charge in [0.1, 0.15) is 0 Å². The third-order valence-electron chi connectivity index (χ3n) is 8.62. The summed E-state index contributed by atoms with van der Waals surface area (Å²) in [5, 5.41) is 0. The number of carbonyl (C=O) groups is 2. The van der Waals surface area contributed by atoms with Crippen molar-refractivity contribution >= 4 is 11.8 Å². The second-order valence-corrected chi connectivity index (χ2v) is 11.2. The van der Waals surface area contributed by atoms with E-state index in [-0.39, 0.29) is 24.2 Å². The van der Waals surface area contributed by atoms with Gasteiger partial charge in [0.15, 0.2) is 0 Å². The Kier molecular flexibility index (Phi) is 6.13. The van der Waals surface area contributed by atoms with E-state index in [1.54, 1.807) is 24.3 Å². The van der Waals surface area contributed by atoms with E-state index in [9.17, 15) is 9.59 Å². The molecule has 2 aliphatic heterocycles. The lowest BCUT2D eigenvalue weighted by Crippen LogP contribution is -2.54. The maximum absolute atomic E-state index is 12.8. The van der Waals surface area contributed by atoms with Crippen molar-refractivity contribution < 1.29 is 24.1 Å². The van der Waals surface area contributed by atoms with Gasteiger partial charge < -0.3 is 4.74 Å². The van der Waals surface area contributed by atoms with Crippen LogP contribution in [0, 0.1) is 29.6 Å². The highest BCUT2D eigenvalue weighted by Gasteiger charge is 2.62. The quantitative estimate of drug-likeness (QED) is 0.331. The molecule has 3 saturated carbocycles. The van der Waals surface area contributed by atoms with Crippen LogP contribution in [0.3, 0.4) is 0 Å². The summed E-state index contributed by atoms with van der Waals surface area (Å²) in [7, 11) is 0. The number of nitrogens with zero attached hydrogens (tertiary/aromatic N) is 1. The molecule has 3 aliphatic carbocycles. The lowest BCUT2D eigenvalue weighted by atomic mass is 9.62. The predicted octanol–water partition coefficient (Wildman–Crippen LogP) is 5.07. The van der Waals surface area contributed by atoms with Gasteiger partial charge in [0, 0.05) is 43.2 Å². The number of ether oxygens (including phenoxy) is 1. The number of carbonyl (C=O) groups excluding carboxylic acids is 2. The van der Waals surface area contributed by atoms with E-state index in [4.69, 9.17) is 14.5 Å².